The van der Waals surface area contributed by atoms with E-state index in [1.165, 1.54) is 17.2 Å². The van der Waals surface area contributed by atoms with Crippen molar-refractivity contribution in [1.82, 2.24) is 24.4 Å². The number of hydrogen-bond donors (Lipinski definition) is 0. The topological polar surface area (TPSA) is 63.9 Å². The maximum atomic E-state index is 12.5. The van der Waals surface area contributed by atoms with E-state index in [0.717, 1.165) is 30.9 Å². The highest BCUT2D eigenvalue weighted by molar-refractivity contribution is 5.95. The molecule has 1 aliphatic heterocycles. The van der Waals surface area contributed by atoms with E-state index in [1.54, 1.807) is 6.20 Å². The summed E-state index contributed by atoms with van der Waals surface area (Å²) in [6, 6.07) is 4.14. The molecule has 4 rings (SSSR count). The lowest BCUT2D eigenvalue weighted by Crippen LogP contribution is -2.51. The number of aromatic nitrogens is 4. The third-order valence-corrected chi connectivity index (χ3v) is 4.73. The molecule has 0 spiro atoms. The molecule has 0 bridgehead atoms. The number of carbonyl (C=O) groups excluding carboxylic acids is 1. The molecule has 0 unspecified atom stereocenters. The van der Waals surface area contributed by atoms with Crippen molar-refractivity contribution in [2.75, 3.05) is 13.1 Å². The van der Waals surface area contributed by atoms with Crippen LogP contribution in [0.5, 0.6) is 0 Å². The molecule has 4 heterocycles. The third-order valence-electron chi connectivity index (χ3n) is 4.73. The van der Waals surface area contributed by atoms with Crippen LogP contribution in [-0.2, 0) is 13.5 Å². The van der Waals surface area contributed by atoms with E-state index in [-0.39, 0.29) is 5.91 Å². The molecule has 24 heavy (non-hydrogen) atoms. The number of carbonyl (C=O) groups is 1. The van der Waals surface area contributed by atoms with Gasteiger partial charge in [-0.2, -0.15) is 0 Å². The summed E-state index contributed by atoms with van der Waals surface area (Å²) in [5.41, 5.74) is 3.62. The fourth-order valence-electron chi connectivity index (χ4n) is 3.38. The standard InChI is InChI=1S/C18H19N5O/c1-12-15(8-19-11-21-12)18(24)23-9-13(10-23)7-16-17-14(3-5-20-16)4-6-22(17)2/h3-6,8,11,13H,7,9-10H2,1-2H3. The molecule has 3 aromatic rings. The maximum Gasteiger partial charge on any atom is 0.257 e. The van der Waals surface area contributed by atoms with Crippen LogP contribution in [0.1, 0.15) is 21.7 Å². The van der Waals surface area contributed by atoms with Crippen molar-refractivity contribution in [3.63, 3.8) is 0 Å². The average molecular weight is 321 g/mol. The smallest absolute Gasteiger partial charge is 0.257 e. The summed E-state index contributed by atoms with van der Waals surface area (Å²) in [7, 11) is 2.04. The quantitative estimate of drug-likeness (QED) is 0.740. The van der Waals surface area contributed by atoms with E-state index in [0.29, 0.717) is 11.5 Å². The average Bonchev–Trinajstić information content (AvgIpc) is 2.93. The number of aryl methyl sites for hydroxylation is 2. The Morgan fingerprint density at radius 2 is 2.12 bits per heavy atom. The molecule has 1 fully saturated rings. The van der Waals surface area contributed by atoms with Gasteiger partial charge in [0.2, 0.25) is 0 Å². The maximum absolute atomic E-state index is 12.5. The lowest BCUT2D eigenvalue weighted by molar-refractivity contribution is 0.0498. The van der Waals surface area contributed by atoms with Crippen LogP contribution >= 0.6 is 0 Å². The van der Waals surface area contributed by atoms with Gasteiger partial charge in [-0.15, -0.1) is 0 Å². The van der Waals surface area contributed by atoms with Gasteiger partial charge in [-0.1, -0.05) is 0 Å². The number of amides is 1. The second-order valence-electron chi connectivity index (χ2n) is 6.42. The van der Waals surface area contributed by atoms with E-state index in [9.17, 15) is 4.79 Å². The monoisotopic (exact) mass is 321 g/mol. The molecule has 6 heteroatoms. The summed E-state index contributed by atoms with van der Waals surface area (Å²) in [6.07, 6.45) is 7.89. The Bertz CT molecular complexity index is 911. The first kappa shape index (κ1) is 14.8. The van der Waals surface area contributed by atoms with Crippen molar-refractivity contribution in [3.8, 4) is 0 Å². The Balaban J connectivity index is 1.45. The van der Waals surface area contributed by atoms with E-state index < -0.39 is 0 Å². The molecule has 0 aliphatic carbocycles. The van der Waals surface area contributed by atoms with Crippen LogP contribution in [0.3, 0.4) is 0 Å². The fourth-order valence-corrected chi connectivity index (χ4v) is 3.38. The van der Waals surface area contributed by atoms with Crippen molar-refractivity contribution < 1.29 is 4.79 Å². The highest BCUT2D eigenvalue weighted by Gasteiger charge is 2.32. The lowest BCUT2D eigenvalue weighted by atomic mass is 9.93. The van der Waals surface area contributed by atoms with Gasteiger partial charge in [-0.25, -0.2) is 9.97 Å². The molecule has 0 saturated carbocycles. The molecule has 3 aromatic heterocycles. The second-order valence-corrected chi connectivity index (χ2v) is 6.42. The van der Waals surface area contributed by atoms with Crippen LogP contribution in [0.15, 0.2) is 37.1 Å². The van der Waals surface area contributed by atoms with Crippen LogP contribution in [0.4, 0.5) is 0 Å². The Hall–Kier alpha value is -2.76. The van der Waals surface area contributed by atoms with Gasteiger partial charge in [0.1, 0.15) is 6.33 Å². The van der Waals surface area contributed by atoms with Gasteiger partial charge < -0.3 is 9.47 Å². The van der Waals surface area contributed by atoms with Crippen molar-refractivity contribution in [2.45, 2.75) is 13.3 Å². The Morgan fingerprint density at radius 3 is 2.92 bits per heavy atom. The van der Waals surface area contributed by atoms with Gasteiger partial charge in [0.05, 0.1) is 22.5 Å². The van der Waals surface area contributed by atoms with Gasteiger partial charge in [0, 0.05) is 44.1 Å². The molecule has 6 nitrogen and oxygen atoms in total. The molecule has 1 aliphatic rings. The van der Waals surface area contributed by atoms with Crippen molar-refractivity contribution >= 4 is 16.8 Å². The van der Waals surface area contributed by atoms with E-state index in [1.807, 2.05) is 31.1 Å². The molecule has 1 amide bonds. The molecular formula is C18H19N5O. The summed E-state index contributed by atoms with van der Waals surface area (Å²) in [4.78, 5) is 27.0. The van der Waals surface area contributed by atoms with Crippen LogP contribution in [0.25, 0.3) is 10.9 Å². The van der Waals surface area contributed by atoms with Gasteiger partial charge in [-0.3, -0.25) is 9.78 Å². The van der Waals surface area contributed by atoms with Crippen molar-refractivity contribution in [2.24, 2.45) is 13.0 Å². The highest BCUT2D eigenvalue weighted by Crippen LogP contribution is 2.26. The molecule has 0 atom stereocenters. The molecule has 0 N–H and O–H groups in total. The van der Waals surface area contributed by atoms with Crippen LogP contribution in [-0.4, -0.2) is 43.4 Å². The zero-order valence-electron chi connectivity index (χ0n) is 13.8. The zero-order valence-corrected chi connectivity index (χ0v) is 13.8. The number of nitrogens with zero attached hydrogens (tertiary/aromatic N) is 5. The predicted molar refractivity (Wildman–Crippen MR) is 90.6 cm³/mol. The van der Waals surface area contributed by atoms with Gasteiger partial charge in [0.25, 0.3) is 5.91 Å². The van der Waals surface area contributed by atoms with Crippen LogP contribution in [0, 0.1) is 12.8 Å². The van der Waals surface area contributed by atoms with Crippen molar-refractivity contribution in [1.29, 1.82) is 0 Å². The van der Waals surface area contributed by atoms with Gasteiger partial charge in [-0.05, 0) is 31.4 Å². The predicted octanol–water partition coefficient (Wildman–Crippen LogP) is 1.99. The Labute approximate surface area is 140 Å². The molecule has 1 saturated heterocycles. The summed E-state index contributed by atoms with van der Waals surface area (Å²) in [5.74, 6) is 0.473. The first-order valence-electron chi connectivity index (χ1n) is 8.08. The summed E-state index contributed by atoms with van der Waals surface area (Å²) in [6.45, 7) is 3.36. The van der Waals surface area contributed by atoms with Gasteiger partial charge in [0.15, 0.2) is 0 Å². The van der Waals surface area contributed by atoms with Crippen LogP contribution in [0.2, 0.25) is 0 Å². The minimum absolute atomic E-state index is 0.0226. The largest absolute Gasteiger partial charge is 0.349 e. The minimum Gasteiger partial charge on any atom is -0.349 e. The first-order chi connectivity index (χ1) is 11.6. The second kappa shape index (κ2) is 5.70. The number of fused-ring (bicyclic) bond motifs is 1. The van der Waals surface area contributed by atoms with E-state index in [4.69, 9.17) is 0 Å². The number of pyridine rings is 1. The number of rotatable bonds is 3. The summed E-state index contributed by atoms with van der Waals surface area (Å²) < 4.78 is 2.12. The normalized spacial score (nSPS) is 14.8. The van der Waals surface area contributed by atoms with Crippen molar-refractivity contribution in [3.05, 3.63) is 54.0 Å². The summed E-state index contributed by atoms with van der Waals surface area (Å²) in [5, 5.41) is 1.21. The zero-order chi connectivity index (χ0) is 16.7. The SMILES string of the molecule is Cc1ncncc1C(=O)N1CC(Cc2nccc3ccn(C)c23)C1. The Kier molecular flexibility index (Phi) is 3.52. The lowest BCUT2D eigenvalue weighted by Gasteiger charge is -2.39. The Morgan fingerprint density at radius 1 is 1.29 bits per heavy atom. The van der Waals surface area contributed by atoms with E-state index >= 15 is 0 Å². The third kappa shape index (κ3) is 2.44. The molecule has 0 radical (unpaired) electrons. The molecule has 0 aromatic carbocycles. The number of hydrogen-bond acceptors (Lipinski definition) is 4. The molecule has 122 valence electrons. The fraction of sp³-hybridized carbons (Fsp3) is 0.333. The first-order valence-corrected chi connectivity index (χ1v) is 8.08. The summed E-state index contributed by atoms with van der Waals surface area (Å²) >= 11 is 0. The minimum atomic E-state index is 0.0226. The highest BCUT2D eigenvalue weighted by atomic mass is 16.2. The number of likely N-dealkylation sites (tertiary alicyclic amines) is 1. The molecular weight excluding hydrogens is 302 g/mol. The van der Waals surface area contributed by atoms with Crippen LogP contribution < -0.4 is 0 Å². The van der Waals surface area contributed by atoms with E-state index in [2.05, 4.69) is 31.8 Å². The van der Waals surface area contributed by atoms with Gasteiger partial charge >= 0.3 is 0 Å².